The number of nitrogens with one attached hydrogen (secondary N) is 1. The predicted octanol–water partition coefficient (Wildman–Crippen LogP) is 4.67. The molecule has 5 nitrogen and oxygen atoms in total. The number of hydrogen-bond acceptors (Lipinski definition) is 3. The van der Waals surface area contributed by atoms with Gasteiger partial charge in [0.2, 0.25) is 0 Å². The second-order valence-electron chi connectivity index (χ2n) is 7.36. The molecule has 1 amide bonds. The van der Waals surface area contributed by atoms with Crippen molar-refractivity contribution in [1.29, 1.82) is 0 Å². The lowest BCUT2D eigenvalue weighted by atomic mass is 9.96. The molecule has 3 aromatic rings. The van der Waals surface area contributed by atoms with Gasteiger partial charge in [-0.2, -0.15) is 0 Å². The van der Waals surface area contributed by atoms with Crippen molar-refractivity contribution < 1.29 is 13.2 Å². The number of nitrogens with zero attached hydrogens (tertiary/aromatic N) is 1. The SMILES string of the molecule is Cc1cccc(NC(=O)c2cc(C)c3c(c2)-c2ccccc2S(=O)(=O)N3C)c1C. The molecule has 0 spiro atoms. The molecule has 0 bridgehead atoms. The number of sulfonamides is 1. The van der Waals surface area contributed by atoms with Crippen LogP contribution in [0.25, 0.3) is 11.1 Å². The summed E-state index contributed by atoms with van der Waals surface area (Å²) in [6, 6.07) is 16.2. The minimum atomic E-state index is -3.62. The average molecular weight is 407 g/mol. The first-order chi connectivity index (χ1) is 13.7. The minimum Gasteiger partial charge on any atom is -0.322 e. The maximum absolute atomic E-state index is 13.0. The van der Waals surface area contributed by atoms with Gasteiger partial charge in [-0.25, -0.2) is 8.42 Å². The van der Waals surface area contributed by atoms with Gasteiger partial charge in [0.05, 0.1) is 10.6 Å². The van der Waals surface area contributed by atoms with Crippen molar-refractivity contribution in [2.45, 2.75) is 25.7 Å². The second kappa shape index (κ2) is 6.74. The Balaban J connectivity index is 1.84. The zero-order valence-electron chi connectivity index (χ0n) is 16.8. The Hall–Kier alpha value is -3.12. The van der Waals surface area contributed by atoms with Crippen LogP contribution in [-0.4, -0.2) is 21.4 Å². The van der Waals surface area contributed by atoms with Crippen LogP contribution in [-0.2, 0) is 10.0 Å². The highest BCUT2D eigenvalue weighted by Crippen LogP contribution is 2.44. The first kappa shape index (κ1) is 19.2. The van der Waals surface area contributed by atoms with E-state index < -0.39 is 10.0 Å². The third-order valence-electron chi connectivity index (χ3n) is 5.55. The molecular formula is C23H22N2O3S. The molecule has 29 heavy (non-hydrogen) atoms. The molecular weight excluding hydrogens is 384 g/mol. The normalized spacial score (nSPS) is 14.1. The van der Waals surface area contributed by atoms with Crippen LogP contribution in [0.5, 0.6) is 0 Å². The first-order valence-electron chi connectivity index (χ1n) is 9.32. The van der Waals surface area contributed by atoms with Crippen LogP contribution in [0.2, 0.25) is 0 Å². The fraction of sp³-hybridized carbons (Fsp3) is 0.174. The van der Waals surface area contributed by atoms with Crippen molar-refractivity contribution in [3.63, 3.8) is 0 Å². The van der Waals surface area contributed by atoms with E-state index in [1.165, 1.54) is 4.31 Å². The Bertz CT molecular complexity index is 1260. The molecule has 1 N–H and O–H groups in total. The quantitative estimate of drug-likeness (QED) is 0.673. The number of anilines is 2. The summed E-state index contributed by atoms with van der Waals surface area (Å²) in [5.74, 6) is -0.224. The smallest absolute Gasteiger partial charge is 0.264 e. The Morgan fingerprint density at radius 3 is 2.38 bits per heavy atom. The minimum absolute atomic E-state index is 0.224. The van der Waals surface area contributed by atoms with Gasteiger partial charge in [-0.1, -0.05) is 30.3 Å². The van der Waals surface area contributed by atoms with Gasteiger partial charge in [0.15, 0.2) is 0 Å². The molecule has 3 aromatic carbocycles. The highest BCUT2D eigenvalue weighted by atomic mass is 32.2. The van der Waals surface area contributed by atoms with Crippen LogP contribution in [0.15, 0.2) is 59.5 Å². The highest BCUT2D eigenvalue weighted by molar-refractivity contribution is 7.93. The maximum Gasteiger partial charge on any atom is 0.264 e. The summed E-state index contributed by atoms with van der Waals surface area (Å²) in [7, 11) is -2.07. The van der Waals surface area contributed by atoms with Crippen LogP contribution in [0, 0.1) is 20.8 Å². The largest absolute Gasteiger partial charge is 0.322 e. The van der Waals surface area contributed by atoms with Gasteiger partial charge in [0.25, 0.3) is 15.9 Å². The molecule has 0 radical (unpaired) electrons. The summed E-state index contributed by atoms with van der Waals surface area (Å²) in [6.07, 6.45) is 0. The third kappa shape index (κ3) is 3.00. The molecule has 1 heterocycles. The van der Waals surface area contributed by atoms with Crippen LogP contribution in [0.1, 0.15) is 27.0 Å². The summed E-state index contributed by atoms with van der Waals surface area (Å²) in [6.45, 7) is 5.80. The summed E-state index contributed by atoms with van der Waals surface area (Å²) >= 11 is 0. The zero-order valence-corrected chi connectivity index (χ0v) is 17.6. The molecule has 0 atom stereocenters. The van der Waals surface area contributed by atoms with Crippen molar-refractivity contribution in [2.24, 2.45) is 0 Å². The van der Waals surface area contributed by atoms with Gasteiger partial charge in [-0.05, 0) is 61.7 Å². The number of aryl methyl sites for hydroxylation is 2. The Morgan fingerprint density at radius 1 is 0.897 bits per heavy atom. The van der Waals surface area contributed by atoms with Crippen LogP contribution in [0.3, 0.4) is 0 Å². The maximum atomic E-state index is 13.0. The van der Waals surface area contributed by atoms with Crippen LogP contribution < -0.4 is 9.62 Å². The summed E-state index contributed by atoms with van der Waals surface area (Å²) in [4.78, 5) is 13.2. The Morgan fingerprint density at radius 2 is 1.62 bits per heavy atom. The lowest BCUT2D eigenvalue weighted by Crippen LogP contribution is -2.31. The molecule has 0 aromatic heterocycles. The summed E-state index contributed by atoms with van der Waals surface area (Å²) in [5.41, 5.74) is 6.07. The van der Waals surface area contributed by atoms with Crippen LogP contribution in [0.4, 0.5) is 11.4 Å². The fourth-order valence-electron chi connectivity index (χ4n) is 3.80. The van der Waals surface area contributed by atoms with E-state index in [2.05, 4.69) is 5.32 Å². The van der Waals surface area contributed by atoms with Gasteiger partial charge < -0.3 is 5.32 Å². The topological polar surface area (TPSA) is 66.5 Å². The van der Waals surface area contributed by atoms with Gasteiger partial charge in [-0.15, -0.1) is 0 Å². The lowest BCUT2D eigenvalue weighted by Gasteiger charge is -2.31. The van der Waals surface area contributed by atoms with E-state index in [0.29, 0.717) is 16.8 Å². The lowest BCUT2D eigenvalue weighted by molar-refractivity contribution is 0.102. The highest BCUT2D eigenvalue weighted by Gasteiger charge is 2.33. The number of amides is 1. The number of rotatable bonds is 2. The molecule has 0 fully saturated rings. The van der Waals surface area contributed by atoms with E-state index in [1.807, 2.05) is 45.0 Å². The molecule has 4 rings (SSSR count). The monoisotopic (exact) mass is 406 g/mol. The van der Waals surface area contributed by atoms with Crippen molar-refractivity contribution in [1.82, 2.24) is 0 Å². The first-order valence-corrected chi connectivity index (χ1v) is 10.8. The summed E-state index contributed by atoms with van der Waals surface area (Å²) < 4.78 is 27.1. The van der Waals surface area contributed by atoms with Crippen molar-refractivity contribution in [2.75, 3.05) is 16.7 Å². The van der Waals surface area contributed by atoms with E-state index in [4.69, 9.17) is 0 Å². The van der Waals surface area contributed by atoms with Gasteiger partial charge in [-0.3, -0.25) is 9.10 Å². The standard InChI is InChI=1S/C23H22N2O3S/c1-14-8-7-10-20(16(14)3)24-23(26)17-12-15(2)22-19(13-17)18-9-5-6-11-21(18)29(27,28)25(22)4/h5-13H,1-4H3,(H,24,26). The predicted molar refractivity (Wildman–Crippen MR) is 116 cm³/mol. The zero-order chi connectivity index (χ0) is 20.9. The van der Waals surface area contributed by atoms with Gasteiger partial charge in [0, 0.05) is 29.4 Å². The van der Waals surface area contributed by atoms with Crippen molar-refractivity contribution in [3.05, 3.63) is 76.9 Å². The fourth-order valence-corrected chi connectivity index (χ4v) is 5.28. The number of carbonyl (C=O) groups excluding carboxylic acids is 1. The Kier molecular flexibility index (Phi) is 4.46. The third-order valence-corrected chi connectivity index (χ3v) is 7.36. The van der Waals surface area contributed by atoms with Crippen molar-refractivity contribution in [3.8, 4) is 11.1 Å². The van der Waals surface area contributed by atoms with Gasteiger partial charge >= 0.3 is 0 Å². The van der Waals surface area contributed by atoms with E-state index in [-0.39, 0.29) is 10.8 Å². The van der Waals surface area contributed by atoms with E-state index in [1.54, 1.807) is 37.4 Å². The number of fused-ring (bicyclic) bond motifs is 3. The molecule has 1 aliphatic rings. The average Bonchev–Trinajstić information content (AvgIpc) is 2.69. The Labute approximate surface area is 171 Å². The number of benzene rings is 3. The number of hydrogen-bond donors (Lipinski definition) is 1. The molecule has 148 valence electrons. The van der Waals surface area contributed by atoms with E-state index >= 15 is 0 Å². The van der Waals surface area contributed by atoms with Gasteiger partial charge in [0.1, 0.15) is 0 Å². The van der Waals surface area contributed by atoms with Crippen molar-refractivity contribution >= 4 is 27.3 Å². The van der Waals surface area contributed by atoms with E-state index in [9.17, 15) is 13.2 Å². The molecule has 1 aliphatic heterocycles. The van der Waals surface area contributed by atoms with Crippen LogP contribution >= 0.6 is 0 Å². The number of carbonyl (C=O) groups is 1. The molecule has 0 aliphatic carbocycles. The molecule has 0 unspecified atom stereocenters. The molecule has 0 saturated carbocycles. The second-order valence-corrected chi connectivity index (χ2v) is 9.30. The summed E-state index contributed by atoms with van der Waals surface area (Å²) in [5, 5.41) is 2.98. The van der Waals surface area contributed by atoms with E-state index in [0.717, 1.165) is 27.9 Å². The molecule has 0 saturated heterocycles. The molecule has 6 heteroatoms.